The molecule has 0 radical (unpaired) electrons. The lowest BCUT2D eigenvalue weighted by Gasteiger charge is -2.36. The Labute approximate surface area is 131 Å². The second-order valence-corrected chi connectivity index (χ2v) is 7.88. The van der Waals surface area contributed by atoms with Gasteiger partial charge in [-0.1, -0.05) is 13.8 Å². The molecule has 1 atom stereocenters. The molecule has 1 unspecified atom stereocenters. The highest BCUT2D eigenvalue weighted by Crippen LogP contribution is 2.37. The van der Waals surface area contributed by atoms with Crippen molar-refractivity contribution in [2.24, 2.45) is 11.7 Å². The molecule has 0 aromatic heterocycles. The molecule has 0 saturated carbocycles. The molecule has 1 heterocycles. The molecule has 0 spiro atoms. The van der Waals surface area contributed by atoms with Crippen LogP contribution >= 0.6 is 0 Å². The van der Waals surface area contributed by atoms with Crippen molar-refractivity contribution in [3.05, 3.63) is 18.2 Å². The molecule has 1 aromatic rings. The standard InChI is InChI=1S/C15H22N2O4S/c1-10(2)15-9-17(11(3)18)13-8-12(4-5-14(13)21-15)22(19,20)7-6-16/h4-5,8,10,15H,6-7,9,16H2,1-3H3. The van der Waals surface area contributed by atoms with Crippen LogP contribution in [0.5, 0.6) is 5.75 Å². The van der Waals surface area contributed by atoms with Crippen LogP contribution in [0.3, 0.4) is 0 Å². The number of rotatable bonds is 4. The van der Waals surface area contributed by atoms with Gasteiger partial charge in [-0.2, -0.15) is 0 Å². The molecule has 1 aliphatic heterocycles. The molecule has 2 rings (SSSR count). The molecule has 0 fully saturated rings. The minimum absolute atomic E-state index is 0.0573. The topological polar surface area (TPSA) is 89.7 Å². The summed E-state index contributed by atoms with van der Waals surface area (Å²) in [5, 5.41) is 0. The van der Waals surface area contributed by atoms with Gasteiger partial charge in [0, 0.05) is 13.5 Å². The molecule has 1 amide bonds. The van der Waals surface area contributed by atoms with E-state index >= 15 is 0 Å². The van der Waals surface area contributed by atoms with Crippen LogP contribution in [0.1, 0.15) is 20.8 Å². The summed E-state index contributed by atoms with van der Waals surface area (Å²) < 4.78 is 30.2. The number of sulfone groups is 1. The van der Waals surface area contributed by atoms with Crippen molar-refractivity contribution in [1.29, 1.82) is 0 Å². The number of carbonyl (C=O) groups is 1. The van der Waals surface area contributed by atoms with E-state index in [1.54, 1.807) is 11.0 Å². The lowest BCUT2D eigenvalue weighted by Crippen LogP contribution is -2.45. The maximum atomic E-state index is 12.1. The summed E-state index contributed by atoms with van der Waals surface area (Å²) in [7, 11) is -3.44. The van der Waals surface area contributed by atoms with Gasteiger partial charge in [-0.3, -0.25) is 4.79 Å². The Kier molecular flexibility index (Phi) is 4.77. The number of hydrogen-bond donors (Lipinski definition) is 1. The van der Waals surface area contributed by atoms with Gasteiger partial charge in [-0.15, -0.1) is 0 Å². The van der Waals surface area contributed by atoms with Gasteiger partial charge >= 0.3 is 0 Å². The average molecular weight is 326 g/mol. The van der Waals surface area contributed by atoms with E-state index in [4.69, 9.17) is 10.5 Å². The Morgan fingerprint density at radius 1 is 1.45 bits per heavy atom. The monoisotopic (exact) mass is 326 g/mol. The first-order valence-electron chi connectivity index (χ1n) is 7.28. The second-order valence-electron chi connectivity index (χ2n) is 5.77. The number of fused-ring (bicyclic) bond motifs is 1. The fraction of sp³-hybridized carbons (Fsp3) is 0.533. The van der Waals surface area contributed by atoms with Crippen molar-refractivity contribution in [2.45, 2.75) is 31.8 Å². The first-order valence-corrected chi connectivity index (χ1v) is 8.93. The van der Waals surface area contributed by atoms with Crippen molar-refractivity contribution in [3.63, 3.8) is 0 Å². The Morgan fingerprint density at radius 3 is 2.68 bits per heavy atom. The van der Waals surface area contributed by atoms with E-state index in [0.717, 1.165) is 0 Å². The summed E-state index contributed by atoms with van der Waals surface area (Å²) in [5.74, 6) is 0.521. The molecule has 2 N–H and O–H groups in total. The van der Waals surface area contributed by atoms with Crippen LogP contribution in [0, 0.1) is 5.92 Å². The van der Waals surface area contributed by atoms with Gasteiger partial charge < -0.3 is 15.4 Å². The van der Waals surface area contributed by atoms with Crippen LogP contribution in [0.4, 0.5) is 5.69 Å². The maximum absolute atomic E-state index is 12.1. The number of nitrogens with zero attached hydrogens (tertiary/aromatic N) is 1. The third-order valence-electron chi connectivity index (χ3n) is 3.73. The van der Waals surface area contributed by atoms with Crippen molar-refractivity contribution in [2.75, 3.05) is 23.7 Å². The molecule has 1 aliphatic rings. The highest BCUT2D eigenvalue weighted by molar-refractivity contribution is 7.91. The SMILES string of the molecule is CC(=O)N1CC(C(C)C)Oc2ccc(S(=O)(=O)CCN)cc21. The summed E-state index contributed by atoms with van der Waals surface area (Å²) in [6, 6.07) is 4.62. The van der Waals surface area contributed by atoms with Gasteiger partial charge in [0.2, 0.25) is 5.91 Å². The number of ether oxygens (including phenoxy) is 1. The van der Waals surface area contributed by atoms with Gasteiger partial charge in [0.15, 0.2) is 9.84 Å². The highest BCUT2D eigenvalue weighted by atomic mass is 32.2. The fourth-order valence-electron chi connectivity index (χ4n) is 2.40. The third kappa shape index (κ3) is 3.25. The minimum atomic E-state index is -3.44. The lowest BCUT2D eigenvalue weighted by molar-refractivity contribution is -0.117. The maximum Gasteiger partial charge on any atom is 0.224 e. The molecular weight excluding hydrogens is 304 g/mol. The quantitative estimate of drug-likeness (QED) is 0.897. The first kappa shape index (κ1) is 16.8. The van der Waals surface area contributed by atoms with Crippen molar-refractivity contribution >= 4 is 21.4 Å². The van der Waals surface area contributed by atoms with Gasteiger partial charge in [-0.25, -0.2) is 8.42 Å². The van der Waals surface area contributed by atoms with E-state index in [0.29, 0.717) is 18.0 Å². The summed E-state index contributed by atoms with van der Waals surface area (Å²) >= 11 is 0. The van der Waals surface area contributed by atoms with Crippen LogP contribution in [-0.2, 0) is 14.6 Å². The van der Waals surface area contributed by atoms with E-state index in [2.05, 4.69) is 0 Å². The number of nitrogens with two attached hydrogens (primary N) is 1. The molecule has 0 bridgehead atoms. The zero-order valence-corrected chi connectivity index (χ0v) is 13.9. The van der Waals surface area contributed by atoms with Crippen LogP contribution in [0.15, 0.2) is 23.1 Å². The first-order chi connectivity index (χ1) is 10.3. The molecule has 22 heavy (non-hydrogen) atoms. The average Bonchev–Trinajstić information content (AvgIpc) is 2.45. The Hall–Kier alpha value is -1.60. The van der Waals surface area contributed by atoms with E-state index < -0.39 is 9.84 Å². The number of hydrogen-bond acceptors (Lipinski definition) is 5. The number of anilines is 1. The van der Waals surface area contributed by atoms with Crippen LogP contribution in [0.2, 0.25) is 0 Å². The van der Waals surface area contributed by atoms with Gasteiger partial charge in [-0.05, 0) is 24.1 Å². The fourth-order valence-corrected chi connectivity index (χ4v) is 3.51. The van der Waals surface area contributed by atoms with E-state index in [9.17, 15) is 13.2 Å². The van der Waals surface area contributed by atoms with Crippen molar-refractivity contribution < 1.29 is 17.9 Å². The molecule has 0 saturated heterocycles. The molecule has 1 aromatic carbocycles. The summed E-state index contributed by atoms with van der Waals surface area (Å²) in [6.07, 6.45) is -0.108. The molecule has 7 heteroatoms. The Balaban J connectivity index is 2.47. The molecule has 0 aliphatic carbocycles. The lowest BCUT2D eigenvalue weighted by atomic mass is 10.0. The Morgan fingerprint density at radius 2 is 2.14 bits per heavy atom. The minimum Gasteiger partial charge on any atom is -0.486 e. The predicted octanol–water partition coefficient (Wildman–Crippen LogP) is 1.19. The normalized spacial score (nSPS) is 18.0. The molecule has 122 valence electrons. The largest absolute Gasteiger partial charge is 0.486 e. The molecule has 6 nitrogen and oxygen atoms in total. The van der Waals surface area contributed by atoms with E-state index in [-0.39, 0.29) is 35.1 Å². The number of carbonyl (C=O) groups excluding carboxylic acids is 1. The summed E-state index contributed by atoms with van der Waals surface area (Å²) in [6.45, 7) is 5.98. The summed E-state index contributed by atoms with van der Waals surface area (Å²) in [5.41, 5.74) is 5.85. The number of benzene rings is 1. The van der Waals surface area contributed by atoms with E-state index in [1.165, 1.54) is 19.1 Å². The Bertz CT molecular complexity index is 670. The van der Waals surface area contributed by atoms with Gasteiger partial charge in [0.25, 0.3) is 0 Å². The zero-order chi connectivity index (χ0) is 16.5. The van der Waals surface area contributed by atoms with Crippen LogP contribution < -0.4 is 15.4 Å². The highest BCUT2D eigenvalue weighted by Gasteiger charge is 2.31. The number of amides is 1. The van der Waals surface area contributed by atoms with Gasteiger partial charge in [0.05, 0.1) is 22.9 Å². The third-order valence-corrected chi connectivity index (χ3v) is 5.48. The van der Waals surface area contributed by atoms with Crippen molar-refractivity contribution in [1.82, 2.24) is 0 Å². The van der Waals surface area contributed by atoms with E-state index in [1.807, 2.05) is 13.8 Å². The predicted molar refractivity (Wildman–Crippen MR) is 84.8 cm³/mol. The van der Waals surface area contributed by atoms with Gasteiger partial charge in [0.1, 0.15) is 11.9 Å². The van der Waals surface area contributed by atoms with Crippen molar-refractivity contribution in [3.8, 4) is 5.75 Å². The second kappa shape index (κ2) is 6.26. The molecular formula is C15H22N2O4S. The van der Waals surface area contributed by atoms with Crippen LogP contribution in [0.25, 0.3) is 0 Å². The zero-order valence-electron chi connectivity index (χ0n) is 13.1. The van der Waals surface area contributed by atoms with Crippen LogP contribution in [-0.4, -0.2) is 39.3 Å². The summed E-state index contributed by atoms with van der Waals surface area (Å²) in [4.78, 5) is 13.7. The smallest absolute Gasteiger partial charge is 0.224 e.